The van der Waals surface area contributed by atoms with Crippen molar-refractivity contribution in [3.05, 3.63) is 100 Å². The molecule has 6 heteroatoms. The van der Waals surface area contributed by atoms with E-state index in [1.807, 2.05) is 7.05 Å². The Morgan fingerprint density at radius 1 is 0.882 bits per heavy atom. The van der Waals surface area contributed by atoms with Crippen LogP contribution in [0.5, 0.6) is 5.88 Å². The summed E-state index contributed by atoms with van der Waals surface area (Å²) in [4.78, 5) is 0. The predicted molar refractivity (Wildman–Crippen MR) is 137 cm³/mol. The minimum absolute atomic E-state index is 0. The van der Waals surface area contributed by atoms with Crippen molar-refractivity contribution in [3.63, 3.8) is 0 Å². The van der Waals surface area contributed by atoms with Gasteiger partial charge in [-0.1, -0.05) is 36.6 Å². The maximum atomic E-state index is 6.05. The molecule has 34 heavy (non-hydrogen) atoms. The van der Waals surface area contributed by atoms with E-state index in [0.29, 0.717) is 0 Å². The molecule has 0 bridgehead atoms. The molecular formula is C28H31Lr2NO2P-. The van der Waals surface area contributed by atoms with E-state index in [4.69, 9.17) is 9.47 Å². The molecular weight excluding hydrogens is 937 g/mol. The standard InChI is InChI=1S/C28H31NO2P.2Lr/c1-18-7-11-20-15-28(3,32)16-24(30-5)25(22(20)13-9-18)26-23-14-10-19(2)8-12-21(23)17-29(4)27(26)31-6;;/h7-17H,32H2,1-6H3;;/q-1;;. The first-order valence-corrected chi connectivity index (χ1v) is 11.4. The van der Waals surface area contributed by atoms with Gasteiger partial charge in [-0.05, 0) is 18.6 Å². The molecule has 1 heterocycles. The first-order valence-electron chi connectivity index (χ1n) is 10.8. The van der Waals surface area contributed by atoms with Crippen LogP contribution in [0, 0.1) is 11.8 Å². The second-order valence-electron chi connectivity index (χ2n) is 8.78. The van der Waals surface area contributed by atoms with E-state index in [-0.39, 0.29) is 5.16 Å². The van der Waals surface area contributed by atoms with Crippen molar-refractivity contribution in [2.75, 3.05) is 14.2 Å². The first kappa shape index (κ1) is 25.4. The summed E-state index contributed by atoms with van der Waals surface area (Å²) in [5, 5.41) is -0.259. The van der Waals surface area contributed by atoms with E-state index in [1.165, 1.54) is 11.8 Å². The Morgan fingerprint density at radius 3 is 2.15 bits per heavy atom. The fraction of sp³-hybridized carbons (Fsp3) is 0.250. The van der Waals surface area contributed by atoms with Gasteiger partial charge in [0.2, 0.25) is 0 Å². The van der Waals surface area contributed by atoms with E-state index < -0.39 is 0 Å². The van der Waals surface area contributed by atoms with Crippen molar-refractivity contribution in [3.8, 4) is 5.88 Å². The molecule has 0 fully saturated rings. The van der Waals surface area contributed by atoms with Crippen LogP contribution in [0.2, 0.25) is 0 Å². The number of methoxy groups -OCH3 is 2. The number of allylic oxidation sites excluding steroid dienone is 11. The van der Waals surface area contributed by atoms with Crippen molar-refractivity contribution < 1.29 is 14.0 Å². The Morgan fingerprint density at radius 2 is 1.50 bits per heavy atom. The Labute approximate surface area is 194 Å². The second kappa shape index (κ2) is 9.30. The fourth-order valence-corrected chi connectivity index (χ4v) is 4.71. The van der Waals surface area contributed by atoms with E-state index in [1.54, 1.807) is 14.2 Å². The smallest absolute Gasteiger partial charge is 0.374 e. The number of aromatic nitrogens is 1. The number of nitrogens with zero attached hydrogens (tertiary/aromatic N) is 1. The van der Waals surface area contributed by atoms with Crippen molar-refractivity contribution >= 4 is 27.0 Å². The molecule has 4 rings (SSSR count). The van der Waals surface area contributed by atoms with Crippen molar-refractivity contribution in [2.45, 2.75) is 25.9 Å². The van der Waals surface area contributed by atoms with Crippen LogP contribution >= 0.6 is 9.24 Å². The summed E-state index contributed by atoms with van der Waals surface area (Å²) in [7, 11) is 8.45. The van der Waals surface area contributed by atoms with Gasteiger partial charge in [-0.25, -0.2) is 0 Å². The molecule has 2 atom stereocenters. The van der Waals surface area contributed by atoms with Crippen LogP contribution in [0.4, 0.5) is 0 Å². The van der Waals surface area contributed by atoms with Crippen molar-refractivity contribution in [2.24, 2.45) is 7.05 Å². The Hall–Kier alpha value is -4.90. The quantitative estimate of drug-likeness (QED) is 0.220. The van der Waals surface area contributed by atoms with Crippen molar-refractivity contribution in [1.29, 1.82) is 0 Å². The van der Waals surface area contributed by atoms with Crippen LogP contribution in [0.25, 0.3) is 17.7 Å². The van der Waals surface area contributed by atoms with Gasteiger partial charge in [0.05, 0.1) is 19.8 Å². The molecule has 1 aromatic heterocycles. The zero-order valence-corrected chi connectivity index (χ0v) is 25.7. The SMILES string of the molecule is COC1=CC(C)(P)C=C2C=C[C-](C)C=CC2=C1c1c2c(c[n+](C)c1OC)C=C[C-](C)C=C2.[Lr].[Lr]. The fourth-order valence-electron chi connectivity index (χ4n) is 4.38. The topological polar surface area (TPSA) is 22.3 Å². The van der Waals surface area contributed by atoms with Gasteiger partial charge in [-0.3, -0.25) is 0 Å². The third kappa shape index (κ3) is 4.36. The third-order valence-electron chi connectivity index (χ3n) is 5.92. The zero-order chi connectivity index (χ0) is 23.0. The van der Waals surface area contributed by atoms with E-state index in [9.17, 15) is 0 Å². The molecule has 0 saturated carbocycles. The molecule has 196 valence electrons. The van der Waals surface area contributed by atoms with Gasteiger partial charge in [-0.2, -0.15) is 52.9 Å². The van der Waals surface area contributed by atoms with Crippen LogP contribution in [0.3, 0.4) is 0 Å². The Bertz CT molecular complexity index is 1170. The Kier molecular flexibility index (Phi) is 6.94. The van der Waals surface area contributed by atoms with E-state index in [0.717, 1.165) is 45.0 Å². The van der Waals surface area contributed by atoms with Gasteiger partial charge in [0.1, 0.15) is 12.8 Å². The average Bonchev–Trinajstić information content (AvgIpc) is 3.08. The molecule has 0 amide bonds. The average molecular weight is 969 g/mol. The summed E-state index contributed by atoms with van der Waals surface area (Å²) in [5.74, 6) is 4.03. The normalized spacial score (nSPS) is 20.7. The first-order chi connectivity index (χ1) is 15.2. The maximum absolute atomic E-state index is 6.05. The second-order valence-corrected chi connectivity index (χ2v) is 10.0. The summed E-state index contributed by atoms with van der Waals surface area (Å²) in [6, 6.07) is 0. The molecule has 0 aliphatic heterocycles. The summed E-state index contributed by atoms with van der Waals surface area (Å²) in [6.45, 7) is 6.40. The number of pyridine rings is 1. The summed E-state index contributed by atoms with van der Waals surface area (Å²) in [5.41, 5.74) is 6.59. The van der Waals surface area contributed by atoms with E-state index >= 15 is 0 Å². The largest absolute Gasteiger partial charge is 0.496 e. The number of hydrogen-bond acceptors (Lipinski definition) is 2. The molecule has 3 aliphatic carbocycles. The Balaban J connectivity index is 0.00000204. The number of ether oxygens (including phenoxy) is 2. The molecule has 3 aliphatic rings. The van der Waals surface area contributed by atoms with Gasteiger partial charge in [0, 0.05) is 10.7 Å². The summed E-state index contributed by atoms with van der Waals surface area (Å²) in [6.07, 6.45) is 23.9. The van der Waals surface area contributed by atoms with Crippen LogP contribution in [0.15, 0.2) is 71.7 Å². The number of rotatable bonds is 3. The van der Waals surface area contributed by atoms with Gasteiger partial charge in [-0.15, -0.1) is 21.4 Å². The summed E-state index contributed by atoms with van der Waals surface area (Å²) < 4.78 is 14.1. The number of fused-ring (bicyclic) bond motifs is 2. The molecule has 0 spiro atoms. The van der Waals surface area contributed by atoms with Crippen LogP contribution in [0.1, 0.15) is 37.5 Å². The molecule has 2 radical (unpaired) electrons. The third-order valence-corrected chi connectivity index (χ3v) is 6.26. The number of hydrogen-bond donors (Lipinski definition) is 0. The van der Waals surface area contributed by atoms with Crippen LogP contribution < -0.4 is 9.30 Å². The molecule has 3 nitrogen and oxygen atoms in total. The van der Waals surface area contributed by atoms with Gasteiger partial charge in [0.15, 0.2) is 6.20 Å². The molecule has 0 N–H and O–H groups in total. The van der Waals surface area contributed by atoms with Gasteiger partial charge in [0.25, 0.3) is 0 Å². The molecule has 1 aromatic rings. The predicted octanol–water partition coefficient (Wildman–Crippen LogP) is 5.73. The molecule has 2 unspecified atom stereocenters. The molecule has 0 aromatic carbocycles. The monoisotopic (exact) mass is 968 g/mol. The molecule has 0 saturated heterocycles. The van der Waals surface area contributed by atoms with Crippen LogP contribution in [-0.2, 0) is 11.8 Å². The van der Waals surface area contributed by atoms with Crippen LogP contribution in [-0.4, -0.2) is 19.4 Å². The van der Waals surface area contributed by atoms with Crippen molar-refractivity contribution in [1.82, 2.24) is 0 Å². The van der Waals surface area contributed by atoms with E-state index in [2.05, 4.69) is 102 Å². The zero-order valence-electron chi connectivity index (χ0n) is 20.2. The minimum atomic E-state index is -0.259. The number of aryl methyl sites for hydroxylation is 1. The minimum Gasteiger partial charge on any atom is -0.496 e. The van der Waals surface area contributed by atoms with Gasteiger partial charge >= 0.3 is 5.88 Å². The summed E-state index contributed by atoms with van der Waals surface area (Å²) >= 11 is 0. The maximum Gasteiger partial charge on any atom is 0.374 e. The van der Waals surface area contributed by atoms with Gasteiger partial charge < -0.3 is 9.47 Å².